The number of carbonyl (C=O) groups excluding carboxylic acids is 1. The van der Waals surface area contributed by atoms with Crippen molar-refractivity contribution in [2.75, 3.05) is 18.8 Å². The molecule has 0 atom stereocenters. The fraction of sp³-hybridized carbons (Fsp3) is 0.267. The first kappa shape index (κ1) is 14.9. The zero-order valence-corrected chi connectivity index (χ0v) is 13.6. The van der Waals surface area contributed by atoms with Crippen molar-refractivity contribution in [3.05, 3.63) is 27.5 Å². The quantitative estimate of drug-likeness (QED) is 0.854. The number of hydrogen-bond acceptors (Lipinski definition) is 3. The predicted molar refractivity (Wildman–Crippen MR) is 89.0 cm³/mol. The summed E-state index contributed by atoms with van der Waals surface area (Å²) in [5.74, 6) is 2.44. The van der Waals surface area contributed by atoms with Crippen LogP contribution in [0.25, 0.3) is 10.1 Å². The van der Waals surface area contributed by atoms with Crippen LogP contribution in [-0.4, -0.2) is 23.9 Å². The molecule has 1 heterocycles. The van der Waals surface area contributed by atoms with Gasteiger partial charge in [-0.2, -0.15) is 0 Å². The van der Waals surface area contributed by atoms with Gasteiger partial charge < -0.3 is 10.6 Å². The zero-order valence-electron chi connectivity index (χ0n) is 11.1. The fourth-order valence-electron chi connectivity index (χ4n) is 2.03. The van der Waals surface area contributed by atoms with E-state index in [1.807, 2.05) is 25.1 Å². The van der Waals surface area contributed by atoms with E-state index in [-0.39, 0.29) is 5.91 Å². The van der Waals surface area contributed by atoms with Gasteiger partial charge in [0, 0.05) is 21.1 Å². The highest BCUT2D eigenvalue weighted by molar-refractivity contribution is 9.10. The molecule has 2 rings (SSSR count). The van der Waals surface area contributed by atoms with E-state index >= 15 is 0 Å². The molecular formula is C15H15BrN2OS. The number of anilines is 1. The van der Waals surface area contributed by atoms with Gasteiger partial charge in [0.05, 0.1) is 12.2 Å². The molecule has 20 heavy (non-hydrogen) atoms. The van der Waals surface area contributed by atoms with E-state index in [9.17, 15) is 4.79 Å². The average molecular weight is 351 g/mol. The lowest BCUT2D eigenvalue weighted by Gasteiger charge is -2.18. The lowest BCUT2D eigenvalue weighted by atomic mass is 10.2. The van der Waals surface area contributed by atoms with Crippen molar-refractivity contribution < 1.29 is 4.79 Å². The Morgan fingerprint density at radius 2 is 2.30 bits per heavy atom. The fourth-order valence-corrected chi connectivity index (χ4v) is 3.67. The minimum atomic E-state index is -0.0837. The number of terminal acetylenes is 1. The molecule has 0 aliphatic heterocycles. The maximum absolute atomic E-state index is 12.5. The van der Waals surface area contributed by atoms with Gasteiger partial charge in [0.2, 0.25) is 0 Å². The second-order valence-electron chi connectivity index (χ2n) is 4.42. The van der Waals surface area contributed by atoms with Crippen LogP contribution >= 0.6 is 27.3 Å². The molecule has 0 saturated heterocycles. The van der Waals surface area contributed by atoms with Crippen molar-refractivity contribution in [2.45, 2.75) is 13.3 Å². The Morgan fingerprint density at radius 3 is 2.95 bits per heavy atom. The topological polar surface area (TPSA) is 46.3 Å². The molecule has 0 aliphatic carbocycles. The maximum atomic E-state index is 12.5. The first-order valence-corrected chi connectivity index (χ1v) is 7.89. The average Bonchev–Trinajstić information content (AvgIpc) is 2.74. The van der Waals surface area contributed by atoms with Crippen LogP contribution in [0.1, 0.15) is 23.0 Å². The molecule has 0 aliphatic rings. The SMILES string of the molecule is C#CCN(CCC)C(=O)c1sc2cc(Br)ccc2c1N. The van der Waals surface area contributed by atoms with Crippen LogP contribution in [0.2, 0.25) is 0 Å². The van der Waals surface area contributed by atoms with Gasteiger partial charge >= 0.3 is 0 Å². The summed E-state index contributed by atoms with van der Waals surface area (Å²) >= 11 is 4.84. The molecule has 0 bridgehead atoms. The van der Waals surface area contributed by atoms with E-state index in [0.717, 1.165) is 21.0 Å². The molecule has 0 saturated carbocycles. The minimum Gasteiger partial charge on any atom is -0.397 e. The van der Waals surface area contributed by atoms with E-state index in [0.29, 0.717) is 23.7 Å². The molecular weight excluding hydrogens is 336 g/mol. The Kier molecular flexibility index (Phi) is 4.69. The summed E-state index contributed by atoms with van der Waals surface area (Å²) < 4.78 is 1.97. The molecule has 104 valence electrons. The second-order valence-corrected chi connectivity index (χ2v) is 6.38. The summed E-state index contributed by atoms with van der Waals surface area (Å²) in [4.78, 5) is 14.8. The molecule has 2 N–H and O–H groups in total. The van der Waals surface area contributed by atoms with E-state index in [1.54, 1.807) is 4.90 Å². The number of thiophene rings is 1. The molecule has 0 fully saturated rings. The van der Waals surface area contributed by atoms with E-state index in [2.05, 4.69) is 21.9 Å². The minimum absolute atomic E-state index is 0.0837. The van der Waals surface area contributed by atoms with Crippen molar-refractivity contribution in [1.29, 1.82) is 0 Å². The van der Waals surface area contributed by atoms with Crippen molar-refractivity contribution in [2.24, 2.45) is 0 Å². The van der Waals surface area contributed by atoms with Crippen LogP contribution in [-0.2, 0) is 0 Å². The molecule has 0 radical (unpaired) electrons. The molecule has 1 aromatic heterocycles. The van der Waals surface area contributed by atoms with E-state index in [1.165, 1.54) is 11.3 Å². The number of benzene rings is 1. The Labute approximate surface area is 130 Å². The van der Waals surface area contributed by atoms with Gasteiger partial charge in [-0.05, 0) is 18.6 Å². The Morgan fingerprint density at radius 1 is 1.55 bits per heavy atom. The number of halogens is 1. The number of carbonyl (C=O) groups is 1. The lowest BCUT2D eigenvalue weighted by molar-refractivity contribution is 0.0782. The molecule has 3 nitrogen and oxygen atoms in total. The van der Waals surface area contributed by atoms with Crippen LogP contribution in [0.5, 0.6) is 0 Å². The molecule has 2 aromatic rings. The highest BCUT2D eigenvalue weighted by Gasteiger charge is 2.21. The number of nitrogens with two attached hydrogens (primary N) is 1. The van der Waals surface area contributed by atoms with Gasteiger partial charge in [0.15, 0.2) is 0 Å². The predicted octanol–water partition coefficient (Wildman–Crippen LogP) is 3.73. The summed E-state index contributed by atoms with van der Waals surface area (Å²) in [6.07, 6.45) is 6.20. The number of nitrogens with zero attached hydrogens (tertiary/aromatic N) is 1. The van der Waals surface area contributed by atoms with Crippen LogP contribution < -0.4 is 5.73 Å². The third-order valence-corrected chi connectivity index (χ3v) is 4.60. The van der Waals surface area contributed by atoms with Crippen molar-refractivity contribution in [3.8, 4) is 12.3 Å². The monoisotopic (exact) mass is 350 g/mol. The smallest absolute Gasteiger partial charge is 0.266 e. The third kappa shape index (κ3) is 2.82. The Balaban J connectivity index is 2.43. The van der Waals surface area contributed by atoms with Gasteiger partial charge in [-0.1, -0.05) is 34.8 Å². The van der Waals surface area contributed by atoms with Crippen LogP contribution in [0.3, 0.4) is 0 Å². The number of nitrogen functional groups attached to an aromatic ring is 1. The van der Waals surface area contributed by atoms with E-state index in [4.69, 9.17) is 12.2 Å². The summed E-state index contributed by atoms with van der Waals surface area (Å²) in [7, 11) is 0. The number of rotatable bonds is 4. The van der Waals surface area contributed by atoms with Crippen molar-refractivity contribution in [1.82, 2.24) is 4.90 Å². The lowest BCUT2D eigenvalue weighted by Crippen LogP contribution is -2.32. The number of fused-ring (bicyclic) bond motifs is 1. The van der Waals surface area contributed by atoms with Crippen molar-refractivity contribution in [3.63, 3.8) is 0 Å². The molecule has 0 unspecified atom stereocenters. The summed E-state index contributed by atoms with van der Waals surface area (Å²) in [6.45, 7) is 2.96. The van der Waals surface area contributed by atoms with Crippen molar-refractivity contribution >= 4 is 48.9 Å². The van der Waals surface area contributed by atoms with Gasteiger partial charge in [0.25, 0.3) is 5.91 Å². The molecule has 5 heteroatoms. The van der Waals surface area contributed by atoms with Gasteiger partial charge in [-0.15, -0.1) is 17.8 Å². The van der Waals surface area contributed by atoms with E-state index < -0.39 is 0 Å². The van der Waals surface area contributed by atoms with Gasteiger partial charge in [0.1, 0.15) is 4.88 Å². The molecule has 1 aromatic carbocycles. The third-order valence-electron chi connectivity index (χ3n) is 2.95. The van der Waals surface area contributed by atoms with Gasteiger partial charge in [-0.3, -0.25) is 4.79 Å². The summed E-state index contributed by atoms with van der Waals surface area (Å²) in [5, 5.41) is 0.915. The van der Waals surface area contributed by atoms with Crippen LogP contribution in [0, 0.1) is 12.3 Å². The molecule has 0 spiro atoms. The number of hydrogen-bond donors (Lipinski definition) is 1. The highest BCUT2D eigenvalue weighted by atomic mass is 79.9. The first-order chi connectivity index (χ1) is 9.58. The second kappa shape index (κ2) is 6.29. The summed E-state index contributed by atoms with van der Waals surface area (Å²) in [5.41, 5.74) is 6.66. The van der Waals surface area contributed by atoms with Crippen LogP contribution in [0.4, 0.5) is 5.69 Å². The molecule has 1 amide bonds. The number of amides is 1. The van der Waals surface area contributed by atoms with Gasteiger partial charge in [-0.25, -0.2) is 0 Å². The van der Waals surface area contributed by atoms with Crippen LogP contribution in [0.15, 0.2) is 22.7 Å². The summed E-state index contributed by atoms with van der Waals surface area (Å²) in [6, 6.07) is 5.82. The first-order valence-electron chi connectivity index (χ1n) is 6.28. The Hall–Kier alpha value is -1.51. The highest BCUT2D eigenvalue weighted by Crippen LogP contribution is 2.35. The Bertz CT molecular complexity index is 687. The maximum Gasteiger partial charge on any atom is 0.266 e. The normalized spacial score (nSPS) is 10.4. The largest absolute Gasteiger partial charge is 0.397 e. The zero-order chi connectivity index (χ0) is 14.7. The standard InChI is InChI=1S/C15H15BrN2OS/c1-3-7-18(8-4-2)15(19)14-13(17)11-6-5-10(16)9-12(11)20-14/h1,5-6,9H,4,7-8,17H2,2H3.